The highest BCUT2D eigenvalue weighted by molar-refractivity contribution is 7.71. The predicted octanol–water partition coefficient (Wildman–Crippen LogP) is 17.6. The first kappa shape index (κ1) is 110. The maximum Gasteiger partial charge on any atom is 0.239 e. The number of nitrogens with zero attached hydrogens (tertiary/aromatic N) is 21. The summed E-state index contributed by atoms with van der Waals surface area (Å²) in [5.41, 5.74) is 5.32. The van der Waals surface area contributed by atoms with Gasteiger partial charge in [-0.15, -0.1) is 0 Å². The van der Waals surface area contributed by atoms with Crippen LogP contribution in [0.15, 0.2) is 170 Å². The van der Waals surface area contributed by atoms with Gasteiger partial charge in [0.2, 0.25) is 47.3 Å². The summed E-state index contributed by atoms with van der Waals surface area (Å²) in [7, 11) is 11.0. The van der Waals surface area contributed by atoms with Crippen LogP contribution >= 0.6 is 75.0 Å². The van der Waals surface area contributed by atoms with Gasteiger partial charge in [-0.05, 0) is 218 Å². The van der Waals surface area contributed by atoms with Crippen LogP contribution in [0.1, 0.15) is 25.7 Å². The number of benzene rings is 4. The number of anilines is 20. The molecule has 4 aliphatic rings. The molecule has 4 saturated heterocycles. The van der Waals surface area contributed by atoms with Crippen LogP contribution in [0.25, 0.3) is 0 Å². The van der Waals surface area contributed by atoms with Gasteiger partial charge in [0, 0.05) is 132 Å². The number of nitrogens with one attached hydrogen (secondary N) is 8. The molecular weight excluding hydrogens is 1990 g/mol. The monoisotopic (exact) mass is 2120 g/mol. The van der Waals surface area contributed by atoms with Gasteiger partial charge in [0.1, 0.15) is 94.7 Å². The van der Waals surface area contributed by atoms with E-state index >= 15 is 0 Å². The third-order valence-corrected chi connectivity index (χ3v) is 31.8. The van der Waals surface area contributed by atoms with Crippen molar-refractivity contribution in [1.82, 2.24) is 84.3 Å². The molecule has 12 aromatic rings. The fraction of sp³-hybridized carbons (Fsp3) is 0.394. The van der Waals surface area contributed by atoms with E-state index in [-0.39, 0.29) is 0 Å². The van der Waals surface area contributed by atoms with Crippen LogP contribution < -0.4 is 102 Å². The van der Waals surface area contributed by atoms with Gasteiger partial charge in [-0.3, -0.25) is 4.90 Å². The number of likely N-dealkylation sites (N-methyl/N-ethyl adjacent to an activating group) is 4. The minimum atomic E-state index is -2.51. The highest BCUT2D eigenvalue weighted by Crippen LogP contribution is 2.45. The number of halogens is 4. The summed E-state index contributed by atoms with van der Waals surface area (Å²) in [6.45, 7) is 27.8. The van der Waals surface area contributed by atoms with E-state index in [1.165, 1.54) is 24.8 Å². The Hall–Kier alpha value is -11.5. The lowest BCUT2D eigenvalue weighted by Gasteiger charge is -2.42. The van der Waals surface area contributed by atoms with Gasteiger partial charge in [0.05, 0.1) is 76.0 Å². The third-order valence-electron chi connectivity index (χ3n) is 24.5. The molecule has 8 aromatic heterocycles. The standard InChI is InChI=1S/C28H38ClN8O2P.C25H33ClN7O2P.C23H29ClN7O2P.C23H31ClN7O2P/c1-35-15-17-36(18-16-35)20-11-13-37(14-12-20)25-10-9-23(27(33-25)39-2)32-28-30-19-21(29)26(34-28)31-22-7-5-6-8-24(22)40(3,4)38;1-32(2)17-12-14-33(15-13-17)22-11-10-20(24(30-22)35-3)29-25-27-16-18(26)23(31-25)28-19-8-6-7-9-21(19)36(4,5)34;1-30-11-13-31(14-12-30)20-10-9-18(22(28-20)33-2)27-23-25-15-16(24)21(29-23)26-17-7-5-6-8-19(17)34(3,4)32;1-30(2)13-14-31(3)20-12-11-18(22(28-20)33-4)27-23-25-15-16(24)21(29-23)26-17-9-7-8-10-19(17)34(5,6)32/h5-10,19-20H,11-18H2,1-4H3,(H2,30,31,32,34);6-11,16-17H,12-15H2,1-5H3,(H2,27,28,29,31);5-10,15H,11-14H2,1-4H3,(H2,25,26,27,29);7-12,15H,13-14H2,1-6H3,(H2,25,26,27,29). The Balaban J connectivity index is 0.000000161. The van der Waals surface area contributed by atoms with Gasteiger partial charge in [-0.25, -0.2) is 19.9 Å². The number of rotatable bonds is 33. The highest BCUT2D eigenvalue weighted by Gasteiger charge is 2.31. The first-order valence-electron chi connectivity index (χ1n) is 47.1. The number of hydrogen-bond donors (Lipinski definition) is 8. The van der Waals surface area contributed by atoms with Crippen LogP contribution in [0.3, 0.4) is 0 Å². The second-order valence-electron chi connectivity index (χ2n) is 37.2. The third kappa shape index (κ3) is 30.1. The van der Waals surface area contributed by atoms with Gasteiger partial charge in [0.15, 0.2) is 23.3 Å². The normalized spacial score (nSPS) is 14.7. The summed E-state index contributed by atoms with van der Waals surface area (Å²) in [6.07, 6.45) is 10.5. The van der Waals surface area contributed by atoms with E-state index in [2.05, 4.69) is 165 Å². The van der Waals surface area contributed by atoms with E-state index in [0.29, 0.717) is 148 Å². The molecule has 12 heterocycles. The van der Waals surface area contributed by atoms with Gasteiger partial charge in [-0.1, -0.05) is 94.9 Å². The summed E-state index contributed by atoms with van der Waals surface area (Å²) < 4.78 is 73.2. The van der Waals surface area contributed by atoms with Crippen LogP contribution in [0.5, 0.6) is 23.5 Å². The number of aromatic nitrogens is 12. The van der Waals surface area contributed by atoms with Crippen molar-refractivity contribution in [2.24, 2.45) is 0 Å². The Kier molecular flexibility index (Phi) is 38.1. The number of piperidine rings is 2. The van der Waals surface area contributed by atoms with Gasteiger partial charge >= 0.3 is 0 Å². The van der Waals surface area contributed by atoms with E-state index in [9.17, 15) is 18.3 Å². The zero-order valence-electron chi connectivity index (χ0n) is 85.0. The van der Waals surface area contributed by atoms with E-state index in [0.717, 1.165) is 162 Å². The second-order valence-corrected chi connectivity index (χ2v) is 51.6. The van der Waals surface area contributed by atoms with Crippen LogP contribution in [0, 0.1) is 0 Å². The quantitative estimate of drug-likeness (QED) is 0.0177. The molecule has 144 heavy (non-hydrogen) atoms. The summed E-state index contributed by atoms with van der Waals surface area (Å²) >= 11 is 25.5. The molecule has 0 aliphatic carbocycles. The molecule has 0 saturated carbocycles. The molecule has 16 rings (SSSR count). The molecule has 37 nitrogen and oxygen atoms in total. The maximum atomic E-state index is 12.8. The molecule has 768 valence electrons. The van der Waals surface area contributed by atoms with E-state index in [1.807, 2.05) is 167 Å². The summed E-state index contributed by atoms with van der Waals surface area (Å²) in [4.78, 5) is 74.9. The minimum Gasteiger partial charge on any atom is -0.479 e. The topological polar surface area (TPSA) is 385 Å². The van der Waals surface area contributed by atoms with Gasteiger partial charge in [0.25, 0.3) is 0 Å². The smallest absolute Gasteiger partial charge is 0.239 e. The second kappa shape index (κ2) is 50.1. The molecule has 0 radical (unpaired) electrons. The maximum absolute atomic E-state index is 12.8. The van der Waals surface area contributed by atoms with Gasteiger partial charge < -0.3 is 119 Å². The van der Waals surface area contributed by atoms with Crippen LogP contribution in [-0.2, 0) is 18.3 Å². The summed E-state index contributed by atoms with van der Waals surface area (Å²) in [6, 6.07) is 46.5. The molecule has 8 N–H and O–H groups in total. The van der Waals surface area contributed by atoms with Crippen molar-refractivity contribution in [3.05, 3.63) is 190 Å². The Labute approximate surface area is 864 Å². The molecule has 0 bridgehead atoms. The molecule has 0 unspecified atom stereocenters. The SMILES string of the molecule is COc1nc(N(C)CCN(C)C)ccc1Nc1ncc(Cl)c(Nc2ccccc2P(C)(C)=O)n1.COc1nc(N2CCC(N(C)C)CC2)ccc1Nc1ncc(Cl)c(Nc2ccccc2P(C)(C)=O)n1.COc1nc(N2CCC(N3CCN(C)CC3)CC2)ccc1Nc1ncc(Cl)c(Nc2ccccc2P(C)(C)=O)n1.COc1nc(N2CCN(C)CC2)ccc1Nc1ncc(Cl)c(Nc2ccccc2P(C)(C)=O)n1. The molecular formula is C99H131Cl4N29O8P4. The lowest BCUT2D eigenvalue weighted by atomic mass is 10.0. The van der Waals surface area contributed by atoms with Gasteiger partial charge in [-0.2, -0.15) is 39.9 Å². The fourth-order valence-corrected chi connectivity index (χ4v) is 21.6. The largest absolute Gasteiger partial charge is 0.479 e. The minimum absolute atomic E-state index is 0.314. The lowest BCUT2D eigenvalue weighted by molar-refractivity contribution is 0.0981. The number of hydrogen-bond acceptors (Lipinski definition) is 37. The van der Waals surface area contributed by atoms with Crippen molar-refractivity contribution in [2.45, 2.75) is 37.8 Å². The zero-order chi connectivity index (χ0) is 103. The first-order valence-corrected chi connectivity index (χ1v) is 59.0. The van der Waals surface area contributed by atoms with Crippen LogP contribution in [0.4, 0.5) is 116 Å². The average molecular weight is 2120 g/mol. The molecule has 0 spiro atoms. The highest BCUT2D eigenvalue weighted by atomic mass is 35.5. The van der Waals surface area contributed by atoms with Crippen molar-refractivity contribution in [3.8, 4) is 23.5 Å². The lowest BCUT2D eigenvalue weighted by Crippen LogP contribution is -2.52. The fourth-order valence-electron chi connectivity index (χ4n) is 16.5. The number of pyridine rings is 4. The number of ether oxygens (including phenoxy) is 4. The van der Waals surface area contributed by atoms with Crippen molar-refractivity contribution in [3.63, 3.8) is 0 Å². The Morgan fingerprint density at radius 3 is 0.896 bits per heavy atom. The van der Waals surface area contributed by atoms with Crippen molar-refractivity contribution >= 4 is 212 Å². The molecule has 0 amide bonds. The Morgan fingerprint density at radius 1 is 0.326 bits per heavy atom. The Bertz CT molecular complexity index is 6580. The molecule has 4 aliphatic heterocycles. The number of piperazine rings is 2. The summed E-state index contributed by atoms with van der Waals surface area (Å²) in [5, 5.41) is 29.8. The zero-order valence-corrected chi connectivity index (χ0v) is 91.6. The van der Waals surface area contributed by atoms with E-state index in [4.69, 9.17) is 75.3 Å². The molecule has 4 fully saturated rings. The molecule has 0 atom stereocenters. The number of methoxy groups -OCH3 is 4. The Morgan fingerprint density at radius 2 is 0.604 bits per heavy atom. The predicted molar refractivity (Wildman–Crippen MR) is 594 cm³/mol. The molecule has 45 heteroatoms. The first-order chi connectivity index (χ1) is 68.7. The summed E-state index contributed by atoms with van der Waals surface area (Å²) in [5.74, 6) is 8.17. The van der Waals surface area contributed by atoms with Crippen LogP contribution in [-0.4, -0.2) is 319 Å². The van der Waals surface area contributed by atoms with E-state index in [1.54, 1.807) is 81.8 Å². The van der Waals surface area contributed by atoms with Crippen molar-refractivity contribution in [2.75, 3.05) is 285 Å². The van der Waals surface area contributed by atoms with E-state index < -0.39 is 28.6 Å². The van der Waals surface area contributed by atoms with Crippen molar-refractivity contribution < 1.29 is 37.2 Å². The number of para-hydroxylation sites is 4. The van der Waals surface area contributed by atoms with Crippen molar-refractivity contribution in [1.29, 1.82) is 0 Å². The molecule has 4 aromatic carbocycles. The average Bonchev–Trinajstić information content (AvgIpc) is 0.832. The van der Waals surface area contributed by atoms with Crippen LogP contribution in [0.2, 0.25) is 20.1 Å².